The van der Waals surface area contributed by atoms with Gasteiger partial charge in [-0.3, -0.25) is 4.79 Å². The van der Waals surface area contributed by atoms with Gasteiger partial charge in [-0.15, -0.1) is 10.2 Å². The normalized spacial score (nSPS) is 17.9. The number of methoxy groups -OCH3 is 1. The van der Waals surface area contributed by atoms with Gasteiger partial charge in [0.25, 0.3) is 0 Å². The minimum Gasteiger partial charge on any atom is -0.384 e. The maximum Gasteiger partial charge on any atom is 0.224 e. The van der Waals surface area contributed by atoms with Crippen LogP contribution in [-0.4, -0.2) is 52.4 Å². The number of hydrogen-bond acceptors (Lipinski definition) is 4. The molecular weight excluding hydrogens is 304 g/mol. The van der Waals surface area contributed by atoms with Gasteiger partial charge < -0.3 is 14.2 Å². The van der Waals surface area contributed by atoms with E-state index in [0.717, 1.165) is 38.3 Å². The Labute approximate surface area is 142 Å². The zero-order valence-corrected chi connectivity index (χ0v) is 14.1. The molecule has 2 aromatic rings. The van der Waals surface area contributed by atoms with Crippen molar-refractivity contribution >= 4 is 5.91 Å². The minimum atomic E-state index is 0.163. The fourth-order valence-corrected chi connectivity index (χ4v) is 3.24. The first-order valence-electron chi connectivity index (χ1n) is 8.46. The third-order valence-electron chi connectivity index (χ3n) is 4.50. The maximum atomic E-state index is 12.3. The van der Waals surface area contributed by atoms with Crippen LogP contribution in [0.4, 0.5) is 0 Å². The molecule has 0 unspecified atom stereocenters. The minimum absolute atomic E-state index is 0.163. The highest BCUT2D eigenvalue weighted by Gasteiger charge is 2.27. The standard InChI is InChI=1S/C18H24N4O2/c1-24-11-9-17(23)21-10-5-8-16(13-21)18-20-19-14-22(18)12-15-6-3-2-4-7-15/h2-4,6-7,14,16H,5,8-13H2,1H3/t16-/m1/s1. The highest BCUT2D eigenvalue weighted by atomic mass is 16.5. The molecule has 24 heavy (non-hydrogen) atoms. The van der Waals surface area contributed by atoms with Crippen molar-refractivity contribution in [2.45, 2.75) is 31.7 Å². The van der Waals surface area contributed by atoms with E-state index in [1.54, 1.807) is 13.4 Å². The predicted octanol–water partition coefficient (Wildman–Crippen LogP) is 2.07. The highest BCUT2D eigenvalue weighted by Crippen LogP contribution is 2.26. The molecule has 0 radical (unpaired) electrons. The molecule has 1 atom stereocenters. The van der Waals surface area contributed by atoms with Crippen molar-refractivity contribution in [3.8, 4) is 0 Å². The molecular formula is C18H24N4O2. The quantitative estimate of drug-likeness (QED) is 0.814. The molecule has 1 amide bonds. The molecule has 0 N–H and O–H groups in total. The Bertz CT molecular complexity index is 656. The Morgan fingerprint density at radius 1 is 1.33 bits per heavy atom. The lowest BCUT2D eigenvalue weighted by molar-refractivity contribution is -0.133. The number of carbonyl (C=O) groups excluding carboxylic acids is 1. The van der Waals surface area contributed by atoms with Gasteiger partial charge in [-0.05, 0) is 18.4 Å². The van der Waals surface area contributed by atoms with Crippen LogP contribution in [0.25, 0.3) is 0 Å². The van der Waals surface area contributed by atoms with Crippen LogP contribution in [0, 0.1) is 0 Å². The second-order valence-corrected chi connectivity index (χ2v) is 6.22. The smallest absolute Gasteiger partial charge is 0.224 e. The Morgan fingerprint density at radius 3 is 2.96 bits per heavy atom. The van der Waals surface area contributed by atoms with Crippen molar-refractivity contribution in [3.05, 3.63) is 48.0 Å². The topological polar surface area (TPSA) is 60.2 Å². The average molecular weight is 328 g/mol. The number of benzene rings is 1. The fraction of sp³-hybridized carbons (Fsp3) is 0.500. The number of piperidine rings is 1. The maximum absolute atomic E-state index is 12.3. The fourth-order valence-electron chi connectivity index (χ4n) is 3.24. The Morgan fingerprint density at radius 2 is 2.17 bits per heavy atom. The summed E-state index contributed by atoms with van der Waals surface area (Å²) in [6.45, 7) is 2.78. The zero-order valence-electron chi connectivity index (χ0n) is 14.1. The van der Waals surface area contributed by atoms with Gasteiger partial charge in [0.2, 0.25) is 5.91 Å². The number of likely N-dealkylation sites (tertiary alicyclic amines) is 1. The summed E-state index contributed by atoms with van der Waals surface area (Å²) in [6, 6.07) is 10.3. The SMILES string of the molecule is COCCC(=O)N1CCC[C@@H](c2nncn2Cc2ccccc2)C1. The van der Waals surface area contributed by atoms with Crippen LogP contribution in [0.2, 0.25) is 0 Å². The summed E-state index contributed by atoms with van der Waals surface area (Å²) in [5.41, 5.74) is 1.22. The second kappa shape index (κ2) is 8.06. The number of hydrogen-bond donors (Lipinski definition) is 0. The van der Waals surface area contributed by atoms with Crippen LogP contribution in [0.5, 0.6) is 0 Å². The molecule has 1 aliphatic rings. The zero-order chi connectivity index (χ0) is 16.8. The molecule has 0 saturated carbocycles. The molecule has 1 aliphatic heterocycles. The molecule has 1 aromatic carbocycles. The largest absolute Gasteiger partial charge is 0.384 e. The molecule has 2 heterocycles. The summed E-state index contributed by atoms with van der Waals surface area (Å²) >= 11 is 0. The molecule has 0 bridgehead atoms. The van der Waals surface area contributed by atoms with Crippen LogP contribution in [-0.2, 0) is 16.1 Å². The van der Waals surface area contributed by atoms with Gasteiger partial charge in [0, 0.05) is 26.1 Å². The molecule has 1 saturated heterocycles. The first-order chi connectivity index (χ1) is 11.8. The lowest BCUT2D eigenvalue weighted by Gasteiger charge is -2.32. The van der Waals surface area contributed by atoms with Crippen molar-refractivity contribution in [2.75, 3.05) is 26.8 Å². The van der Waals surface area contributed by atoms with Gasteiger partial charge in [-0.1, -0.05) is 30.3 Å². The van der Waals surface area contributed by atoms with Gasteiger partial charge in [0.15, 0.2) is 0 Å². The Balaban J connectivity index is 1.68. The lowest BCUT2D eigenvalue weighted by Crippen LogP contribution is -2.40. The first kappa shape index (κ1) is 16.6. The summed E-state index contributed by atoms with van der Waals surface area (Å²) < 4.78 is 7.11. The van der Waals surface area contributed by atoms with E-state index in [1.807, 2.05) is 23.1 Å². The molecule has 0 spiro atoms. The third-order valence-corrected chi connectivity index (χ3v) is 4.50. The van der Waals surface area contributed by atoms with Crippen molar-refractivity contribution in [2.24, 2.45) is 0 Å². The number of rotatable bonds is 6. The number of aromatic nitrogens is 3. The van der Waals surface area contributed by atoms with E-state index >= 15 is 0 Å². The van der Waals surface area contributed by atoms with Crippen molar-refractivity contribution in [3.63, 3.8) is 0 Å². The van der Waals surface area contributed by atoms with Crippen LogP contribution in [0.3, 0.4) is 0 Å². The molecule has 0 aliphatic carbocycles. The molecule has 6 nitrogen and oxygen atoms in total. The van der Waals surface area contributed by atoms with Gasteiger partial charge in [0.05, 0.1) is 19.6 Å². The van der Waals surface area contributed by atoms with E-state index in [4.69, 9.17) is 4.74 Å². The Kier molecular flexibility index (Phi) is 5.59. The van der Waals surface area contributed by atoms with E-state index in [-0.39, 0.29) is 11.8 Å². The molecule has 3 rings (SSSR count). The van der Waals surface area contributed by atoms with Gasteiger partial charge >= 0.3 is 0 Å². The van der Waals surface area contributed by atoms with Crippen molar-refractivity contribution in [1.29, 1.82) is 0 Å². The van der Waals surface area contributed by atoms with E-state index in [1.165, 1.54) is 5.56 Å². The lowest BCUT2D eigenvalue weighted by atomic mass is 9.96. The van der Waals surface area contributed by atoms with Gasteiger partial charge in [0.1, 0.15) is 12.2 Å². The number of carbonyl (C=O) groups is 1. The van der Waals surface area contributed by atoms with Crippen LogP contribution < -0.4 is 0 Å². The number of nitrogens with zero attached hydrogens (tertiary/aromatic N) is 4. The Hall–Kier alpha value is -2.21. The second-order valence-electron chi connectivity index (χ2n) is 6.22. The third kappa shape index (κ3) is 4.00. The molecule has 1 aromatic heterocycles. The molecule has 6 heteroatoms. The van der Waals surface area contributed by atoms with Gasteiger partial charge in [-0.25, -0.2) is 0 Å². The molecule has 1 fully saturated rings. The average Bonchev–Trinajstić information content (AvgIpc) is 3.09. The monoisotopic (exact) mass is 328 g/mol. The van der Waals surface area contributed by atoms with E-state index in [9.17, 15) is 4.79 Å². The van der Waals surface area contributed by atoms with Crippen molar-refractivity contribution in [1.82, 2.24) is 19.7 Å². The summed E-state index contributed by atoms with van der Waals surface area (Å²) in [5, 5.41) is 8.44. The van der Waals surface area contributed by atoms with Crippen LogP contribution in [0.15, 0.2) is 36.7 Å². The van der Waals surface area contributed by atoms with Crippen LogP contribution in [0.1, 0.15) is 36.6 Å². The van der Waals surface area contributed by atoms with Gasteiger partial charge in [-0.2, -0.15) is 0 Å². The highest BCUT2D eigenvalue weighted by molar-refractivity contribution is 5.76. The van der Waals surface area contributed by atoms with E-state index in [2.05, 4.69) is 26.9 Å². The number of ether oxygens (including phenoxy) is 1. The summed E-state index contributed by atoms with van der Waals surface area (Å²) in [5.74, 6) is 1.38. The van der Waals surface area contributed by atoms with E-state index in [0.29, 0.717) is 13.0 Å². The summed E-state index contributed by atoms with van der Waals surface area (Å²) in [7, 11) is 1.62. The number of amides is 1. The predicted molar refractivity (Wildman–Crippen MR) is 90.6 cm³/mol. The molecule has 128 valence electrons. The first-order valence-corrected chi connectivity index (χ1v) is 8.46. The van der Waals surface area contributed by atoms with Crippen LogP contribution >= 0.6 is 0 Å². The van der Waals surface area contributed by atoms with E-state index < -0.39 is 0 Å². The summed E-state index contributed by atoms with van der Waals surface area (Å²) in [4.78, 5) is 14.2. The summed E-state index contributed by atoms with van der Waals surface area (Å²) in [6.07, 6.45) is 4.27. The van der Waals surface area contributed by atoms with Crippen molar-refractivity contribution < 1.29 is 9.53 Å².